The summed E-state index contributed by atoms with van der Waals surface area (Å²) in [6.45, 7) is 10.5. The summed E-state index contributed by atoms with van der Waals surface area (Å²) < 4.78 is 32.2. The SMILES string of the molecule is CCC1c2c(C)cc(C)c3c2Cc2c(c(C)cc(C)c21)OP(=O)(Oc1ccccc1)O3. The lowest BCUT2D eigenvalue weighted by molar-refractivity contribution is 0.291. The van der Waals surface area contributed by atoms with Crippen LogP contribution in [0.25, 0.3) is 0 Å². The van der Waals surface area contributed by atoms with E-state index in [4.69, 9.17) is 13.6 Å². The maximum absolute atomic E-state index is 14.0. The number of phosphoric acid groups is 1. The second-order valence-corrected chi connectivity index (χ2v) is 10.1. The van der Waals surface area contributed by atoms with Gasteiger partial charge in [0, 0.05) is 23.5 Å². The molecule has 0 unspecified atom stereocenters. The first-order chi connectivity index (χ1) is 14.8. The molecule has 0 spiro atoms. The molecule has 0 atom stereocenters. The molecule has 1 aliphatic heterocycles. The van der Waals surface area contributed by atoms with Crippen LogP contribution in [0.4, 0.5) is 0 Å². The van der Waals surface area contributed by atoms with Crippen LogP contribution in [-0.2, 0) is 11.0 Å². The van der Waals surface area contributed by atoms with Gasteiger partial charge in [-0.2, -0.15) is 4.57 Å². The Kier molecular flexibility index (Phi) is 4.67. The van der Waals surface area contributed by atoms with Crippen LogP contribution in [0, 0.1) is 27.7 Å². The molecule has 3 aromatic carbocycles. The van der Waals surface area contributed by atoms with Crippen LogP contribution in [0.15, 0.2) is 42.5 Å². The van der Waals surface area contributed by atoms with E-state index in [2.05, 4.69) is 32.9 Å². The second kappa shape index (κ2) is 7.17. The van der Waals surface area contributed by atoms with E-state index in [0.717, 1.165) is 28.7 Å². The van der Waals surface area contributed by atoms with Gasteiger partial charge < -0.3 is 13.6 Å². The molecule has 0 amide bonds. The van der Waals surface area contributed by atoms with Crippen LogP contribution in [0.1, 0.15) is 63.8 Å². The summed E-state index contributed by atoms with van der Waals surface area (Å²) in [7, 11) is -3.98. The fourth-order valence-electron chi connectivity index (χ4n) is 5.33. The van der Waals surface area contributed by atoms with E-state index in [-0.39, 0.29) is 5.92 Å². The van der Waals surface area contributed by atoms with Gasteiger partial charge in [0.05, 0.1) is 0 Å². The van der Waals surface area contributed by atoms with Gasteiger partial charge in [0.15, 0.2) is 0 Å². The van der Waals surface area contributed by atoms with Gasteiger partial charge in [0.25, 0.3) is 0 Å². The molecule has 0 fully saturated rings. The zero-order valence-electron chi connectivity index (χ0n) is 18.6. The minimum absolute atomic E-state index is 0.261. The monoisotopic (exact) mass is 434 g/mol. The maximum atomic E-state index is 14.0. The number of aryl methyl sites for hydroxylation is 4. The van der Waals surface area contributed by atoms with Crippen molar-refractivity contribution in [2.24, 2.45) is 0 Å². The van der Waals surface area contributed by atoms with E-state index in [0.29, 0.717) is 23.7 Å². The van der Waals surface area contributed by atoms with Crippen LogP contribution < -0.4 is 13.6 Å². The molecule has 2 bridgehead atoms. The van der Waals surface area contributed by atoms with Crippen molar-refractivity contribution in [1.82, 2.24) is 0 Å². The molecule has 0 radical (unpaired) electrons. The molecule has 0 saturated carbocycles. The molecule has 5 rings (SSSR count). The normalized spacial score (nSPS) is 16.0. The Labute approximate surface area is 183 Å². The molecular formula is C26H27O4P. The lowest BCUT2D eigenvalue weighted by atomic mass is 9.72. The van der Waals surface area contributed by atoms with E-state index in [1.165, 1.54) is 22.3 Å². The largest absolute Gasteiger partial charge is 0.647 e. The van der Waals surface area contributed by atoms with E-state index in [1.807, 2.05) is 32.0 Å². The highest BCUT2D eigenvalue weighted by atomic mass is 31.2. The van der Waals surface area contributed by atoms with Crippen molar-refractivity contribution in [1.29, 1.82) is 0 Å². The predicted octanol–water partition coefficient (Wildman–Crippen LogP) is 7.32. The van der Waals surface area contributed by atoms with Gasteiger partial charge in [-0.3, -0.25) is 0 Å². The Morgan fingerprint density at radius 1 is 0.871 bits per heavy atom. The smallest absolute Gasteiger partial charge is 0.386 e. The molecule has 0 N–H and O–H groups in total. The van der Waals surface area contributed by atoms with Crippen LogP contribution >= 0.6 is 7.82 Å². The van der Waals surface area contributed by atoms with Gasteiger partial charge >= 0.3 is 7.82 Å². The van der Waals surface area contributed by atoms with Gasteiger partial charge in [-0.25, -0.2) is 0 Å². The number of rotatable bonds is 3. The van der Waals surface area contributed by atoms with Gasteiger partial charge in [-0.15, -0.1) is 0 Å². The highest BCUT2D eigenvalue weighted by Gasteiger charge is 2.42. The summed E-state index contributed by atoms with van der Waals surface area (Å²) in [5.41, 5.74) is 9.21. The van der Waals surface area contributed by atoms with Crippen molar-refractivity contribution >= 4 is 7.82 Å². The van der Waals surface area contributed by atoms with E-state index < -0.39 is 7.82 Å². The number of hydrogen-bond donors (Lipinski definition) is 0. The first-order valence-electron chi connectivity index (χ1n) is 10.8. The topological polar surface area (TPSA) is 44.8 Å². The number of phosphoric ester groups is 1. The summed E-state index contributed by atoms with van der Waals surface area (Å²) in [6, 6.07) is 13.3. The highest BCUT2D eigenvalue weighted by molar-refractivity contribution is 7.49. The number of benzene rings is 3. The molecule has 0 aromatic heterocycles. The van der Waals surface area contributed by atoms with Crippen molar-refractivity contribution < 1.29 is 18.1 Å². The fourth-order valence-corrected chi connectivity index (χ4v) is 6.77. The van der Waals surface area contributed by atoms with Crippen LogP contribution in [0.3, 0.4) is 0 Å². The standard InChI is InChI=1S/C26H27O4P/c1-6-20-23-15(2)12-17(4)25-21(23)14-22-24(20)16(3)13-18(5)26(22)30-31(27,29-25)28-19-10-8-7-9-11-19/h7-13,20H,6,14H2,1-5H3. The van der Waals surface area contributed by atoms with Crippen molar-refractivity contribution in [2.75, 3.05) is 0 Å². The van der Waals surface area contributed by atoms with Crippen molar-refractivity contribution in [3.63, 3.8) is 0 Å². The molecule has 1 heterocycles. The molecule has 2 aliphatic rings. The van der Waals surface area contributed by atoms with E-state index in [1.54, 1.807) is 12.1 Å². The Morgan fingerprint density at radius 2 is 1.39 bits per heavy atom. The minimum Gasteiger partial charge on any atom is -0.386 e. The molecule has 0 saturated heterocycles. The Morgan fingerprint density at radius 3 is 1.87 bits per heavy atom. The summed E-state index contributed by atoms with van der Waals surface area (Å²) >= 11 is 0. The molecular weight excluding hydrogens is 407 g/mol. The molecule has 3 aromatic rings. The fraction of sp³-hybridized carbons (Fsp3) is 0.308. The Hall–Kier alpha value is -2.71. The van der Waals surface area contributed by atoms with Crippen LogP contribution in [0.2, 0.25) is 0 Å². The third kappa shape index (κ3) is 3.16. The minimum atomic E-state index is -3.98. The lowest BCUT2D eigenvalue weighted by Crippen LogP contribution is -2.22. The molecule has 1 aliphatic carbocycles. The molecule has 160 valence electrons. The quantitative estimate of drug-likeness (QED) is 0.405. The summed E-state index contributed by atoms with van der Waals surface area (Å²) in [6.07, 6.45) is 1.69. The summed E-state index contributed by atoms with van der Waals surface area (Å²) in [4.78, 5) is 0. The highest BCUT2D eigenvalue weighted by Crippen LogP contribution is 2.58. The lowest BCUT2D eigenvalue weighted by Gasteiger charge is -2.37. The first kappa shape index (κ1) is 20.2. The third-order valence-corrected chi connectivity index (χ3v) is 7.70. The van der Waals surface area contributed by atoms with Gasteiger partial charge in [0.2, 0.25) is 0 Å². The van der Waals surface area contributed by atoms with E-state index >= 15 is 0 Å². The van der Waals surface area contributed by atoms with Crippen LogP contribution in [-0.4, -0.2) is 0 Å². The number of para-hydroxylation sites is 1. The Bertz CT molecular complexity index is 1170. The molecule has 4 nitrogen and oxygen atoms in total. The second-order valence-electron chi connectivity index (χ2n) is 8.64. The third-order valence-electron chi connectivity index (χ3n) is 6.46. The van der Waals surface area contributed by atoms with Gasteiger partial charge in [0.1, 0.15) is 17.2 Å². The Balaban J connectivity index is 1.80. The van der Waals surface area contributed by atoms with Crippen LogP contribution in [0.5, 0.6) is 17.2 Å². The summed E-state index contributed by atoms with van der Waals surface area (Å²) in [5, 5.41) is 0. The van der Waals surface area contributed by atoms with E-state index in [9.17, 15) is 4.57 Å². The average Bonchev–Trinajstić information content (AvgIpc) is 2.72. The van der Waals surface area contributed by atoms with Gasteiger partial charge in [-0.1, -0.05) is 37.3 Å². The maximum Gasteiger partial charge on any atom is 0.647 e. The van der Waals surface area contributed by atoms with Crippen molar-refractivity contribution in [2.45, 2.75) is 53.4 Å². The predicted molar refractivity (Wildman–Crippen MR) is 123 cm³/mol. The van der Waals surface area contributed by atoms with Gasteiger partial charge in [-0.05, 0) is 79.6 Å². The molecule has 5 heteroatoms. The first-order valence-corrected chi connectivity index (χ1v) is 12.3. The zero-order valence-corrected chi connectivity index (χ0v) is 19.5. The van der Waals surface area contributed by atoms with Crippen molar-refractivity contribution in [3.8, 4) is 17.2 Å². The number of hydrogen-bond acceptors (Lipinski definition) is 4. The zero-order chi connectivity index (χ0) is 21.9. The average molecular weight is 434 g/mol. The van der Waals surface area contributed by atoms with Crippen molar-refractivity contribution in [3.05, 3.63) is 87.0 Å². The molecule has 31 heavy (non-hydrogen) atoms. The summed E-state index contributed by atoms with van der Waals surface area (Å²) in [5.74, 6) is 1.98.